The molecule has 0 aliphatic carbocycles. The van der Waals surface area contributed by atoms with Gasteiger partial charge in [-0.1, -0.05) is 6.07 Å². The highest BCUT2D eigenvalue weighted by Crippen LogP contribution is 2.30. The average molecular weight is 463 g/mol. The van der Waals surface area contributed by atoms with E-state index >= 15 is 0 Å². The predicted molar refractivity (Wildman–Crippen MR) is 131 cm³/mol. The first kappa shape index (κ1) is 26.3. The molecule has 0 bridgehead atoms. The first-order valence-corrected chi connectivity index (χ1v) is 11.6. The lowest BCUT2D eigenvalue weighted by atomic mass is 10.2. The van der Waals surface area contributed by atoms with Crippen molar-refractivity contribution in [1.29, 1.82) is 0 Å². The zero-order valence-corrected chi connectivity index (χ0v) is 20.1. The van der Waals surface area contributed by atoms with E-state index in [1.165, 1.54) is 10.1 Å². The molecule has 32 heavy (non-hydrogen) atoms. The Morgan fingerprint density at radius 2 is 1.53 bits per heavy atom. The number of hydrogen-bond acceptors (Lipinski definition) is 7. The molecule has 2 rings (SSSR count). The van der Waals surface area contributed by atoms with Gasteiger partial charge in [-0.05, 0) is 36.6 Å². The number of allylic oxidation sites excluding steroid dienone is 1. The summed E-state index contributed by atoms with van der Waals surface area (Å²) in [5.74, 6) is 0. The predicted octanol–water partition coefficient (Wildman–Crippen LogP) is 4.33. The van der Waals surface area contributed by atoms with Crippen molar-refractivity contribution in [3.63, 3.8) is 0 Å². The summed E-state index contributed by atoms with van der Waals surface area (Å²) in [7, 11) is 3.72. The van der Waals surface area contributed by atoms with Crippen molar-refractivity contribution in [3.8, 4) is 0 Å². The molecule has 7 nitrogen and oxygen atoms in total. The summed E-state index contributed by atoms with van der Waals surface area (Å²) < 4.78 is 28.0. The van der Waals surface area contributed by atoms with Crippen LogP contribution in [0.5, 0.6) is 0 Å². The van der Waals surface area contributed by atoms with Gasteiger partial charge in [0.05, 0.1) is 66.0 Å². The quantitative estimate of drug-likeness (QED) is 0.258. The monoisotopic (exact) mass is 462 g/mol. The van der Waals surface area contributed by atoms with Crippen LogP contribution in [0, 0.1) is 6.57 Å². The highest BCUT2D eigenvalue weighted by Gasteiger charge is 2.05. The molecule has 0 unspecified atom stereocenters. The SMILES string of the molecule is [C-]#[N+]/C(C)=C\c1cc2ccc(N(C)CCOCCOCCOCCOCCOC)cc2s1. The van der Waals surface area contributed by atoms with Crippen LogP contribution in [0.2, 0.25) is 0 Å². The molecule has 8 heteroatoms. The maximum Gasteiger partial charge on any atom is 0.163 e. The maximum atomic E-state index is 7.08. The van der Waals surface area contributed by atoms with E-state index in [4.69, 9.17) is 30.3 Å². The largest absolute Gasteiger partial charge is 0.382 e. The summed E-state index contributed by atoms with van der Waals surface area (Å²) in [6, 6.07) is 8.57. The lowest BCUT2D eigenvalue weighted by Crippen LogP contribution is -2.23. The summed E-state index contributed by atoms with van der Waals surface area (Å²) in [6.07, 6.45) is 1.93. The smallest absolute Gasteiger partial charge is 0.163 e. The number of rotatable bonds is 17. The molecule has 0 amide bonds. The molecular formula is C24H34N2O5S. The number of fused-ring (bicyclic) bond motifs is 1. The van der Waals surface area contributed by atoms with E-state index in [2.05, 4.69) is 41.1 Å². The minimum atomic E-state index is 0.550. The van der Waals surface area contributed by atoms with Gasteiger partial charge < -0.3 is 28.6 Å². The molecule has 2 aromatic rings. The fourth-order valence-corrected chi connectivity index (χ4v) is 3.92. The molecular weight excluding hydrogens is 428 g/mol. The first-order chi connectivity index (χ1) is 15.6. The summed E-state index contributed by atoms with van der Waals surface area (Å²) in [5, 5.41) is 1.20. The van der Waals surface area contributed by atoms with Gasteiger partial charge in [-0.15, -0.1) is 11.3 Å². The molecule has 0 saturated heterocycles. The Bertz CT molecular complexity index is 862. The van der Waals surface area contributed by atoms with E-state index in [0.717, 1.165) is 17.1 Å². The molecule has 1 heterocycles. The Balaban J connectivity index is 1.55. The molecule has 0 atom stereocenters. The minimum Gasteiger partial charge on any atom is -0.382 e. The normalized spacial score (nSPS) is 11.8. The number of nitrogens with zero attached hydrogens (tertiary/aromatic N) is 2. The molecule has 1 aromatic heterocycles. The Morgan fingerprint density at radius 3 is 2.12 bits per heavy atom. The van der Waals surface area contributed by atoms with Crippen LogP contribution in [0.1, 0.15) is 11.8 Å². The van der Waals surface area contributed by atoms with Gasteiger partial charge in [0.1, 0.15) is 0 Å². The van der Waals surface area contributed by atoms with Crippen molar-refractivity contribution >= 4 is 33.2 Å². The van der Waals surface area contributed by atoms with Gasteiger partial charge in [-0.2, -0.15) is 0 Å². The fraction of sp³-hybridized carbons (Fsp3) is 0.542. The van der Waals surface area contributed by atoms with Crippen molar-refractivity contribution in [3.05, 3.63) is 46.3 Å². The van der Waals surface area contributed by atoms with E-state index in [1.54, 1.807) is 18.4 Å². The summed E-state index contributed by atoms with van der Waals surface area (Å²) >= 11 is 1.70. The van der Waals surface area contributed by atoms with Crippen molar-refractivity contribution in [2.75, 3.05) is 85.1 Å². The Hall–Kier alpha value is -1.99. The molecule has 1 aromatic carbocycles. The molecule has 0 N–H and O–H groups in total. The fourth-order valence-electron chi connectivity index (χ4n) is 2.82. The standard InChI is InChI=1S/C24H34N2O5S/c1-20(25-2)17-23-18-21-5-6-22(19-24(21)32-23)26(3)7-8-28-11-12-30-15-16-31-14-13-29-10-9-27-4/h5-6,17-19H,7-16H2,1,3-4H3/b20-17-. The molecule has 0 radical (unpaired) electrons. The van der Waals surface area contributed by atoms with Gasteiger partial charge in [0, 0.05) is 36.0 Å². The Morgan fingerprint density at radius 1 is 0.938 bits per heavy atom. The lowest BCUT2D eigenvalue weighted by molar-refractivity contribution is -0.00719. The Kier molecular flexibility index (Phi) is 12.9. The van der Waals surface area contributed by atoms with Crippen LogP contribution in [0.25, 0.3) is 21.0 Å². The number of thiophene rings is 1. The topological polar surface area (TPSA) is 53.8 Å². The van der Waals surface area contributed by atoms with Crippen molar-refractivity contribution < 1.29 is 23.7 Å². The van der Waals surface area contributed by atoms with E-state index < -0.39 is 0 Å². The number of methoxy groups -OCH3 is 1. The third kappa shape index (κ3) is 10.1. The van der Waals surface area contributed by atoms with Crippen molar-refractivity contribution in [2.24, 2.45) is 0 Å². The number of anilines is 1. The number of ether oxygens (including phenoxy) is 5. The van der Waals surface area contributed by atoms with Gasteiger partial charge in [-0.25, -0.2) is 4.85 Å². The summed E-state index contributed by atoms with van der Waals surface area (Å²) in [4.78, 5) is 6.75. The van der Waals surface area contributed by atoms with E-state index in [1.807, 2.05) is 13.0 Å². The van der Waals surface area contributed by atoms with Gasteiger partial charge >= 0.3 is 0 Å². The second-order valence-corrected chi connectivity index (χ2v) is 8.25. The molecule has 0 aliphatic heterocycles. The van der Waals surface area contributed by atoms with Gasteiger partial charge in [0.2, 0.25) is 0 Å². The average Bonchev–Trinajstić information content (AvgIpc) is 3.20. The third-order valence-electron chi connectivity index (χ3n) is 4.61. The van der Waals surface area contributed by atoms with Gasteiger partial charge in [0.25, 0.3) is 0 Å². The molecule has 0 saturated carbocycles. The number of benzene rings is 1. The van der Waals surface area contributed by atoms with E-state index in [9.17, 15) is 0 Å². The van der Waals surface area contributed by atoms with Crippen LogP contribution in [-0.2, 0) is 23.7 Å². The second kappa shape index (κ2) is 15.8. The molecule has 0 fully saturated rings. The maximum absolute atomic E-state index is 7.08. The highest BCUT2D eigenvalue weighted by atomic mass is 32.1. The number of likely N-dealkylation sites (N-methyl/N-ethyl adjacent to an activating group) is 1. The molecule has 176 valence electrons. The van der Waals surface area contributed by atoms with Crippen molar-refractivity contribution in [2.45, 2.75) is 6.92 Å². The molecule has 0 spiro atoms. The zero-order valence-electron chi connectivity index (χ0n) is 19.3. The third-order valence-corrected chi connectivity index (χ3v) is 5.65. The van der Waals surface area contributed by atoms with Crippen molar-refractivity contribution in [1.82, 2.24) is 0 Å². The van der Waals surface area contributed by atoms with Crippen LogP contribution < -0.4 is 4.90 Å². The highest BCUT2D eigenvalue weighted by molar-refractivity contribution is 7.19. The van der Waals surface area contributed by atoms with Crippen LogP contribution in [0.3, 0.4) is 0 Å². The van der Waals surface area contributed by atoms with Gasteiger partial charge in [0.15, 0.2) is 5.70 Å². The van der Waals surface area contributed by atoms with E-state index in [-0.39, 0.29) is 0 Å². The minimum absolute atomic E-state index is 0.550. The van der Waals surface area contributed by atoms with E-state index in [0.29, 0.717) is 65.2 Å². The first-order valence-electron chi connectivity index (χ1n) is 10.7. The summed E-state index contributed by atoms with van der Waals surface area (Å²) in [6.45, 7) is 14.9. The lowest BCUT2D eigenvalue weighted by Gasteiger charge is -2.19. The van der Waals surface area contributed by atoms with Gasteiger partial charge in [-0.3, -0.25) is 0 Å². The van der Waals surface area contributed by atoms with Crippen LogP contribution in [-0.4, -0.2) is 80.2 Å². The summed E-state index contributed by atoms with van der Waals surface area (Å²) in [5.41, 5.74) is 1.85. The second-order valence-electron chi connectivity index (χ2n) is 7.13. The number of hydrogen-bond donors (Lipinski definition) is 0. The van der Waals surface area contributed by atoms with Crippen LogP contribution >= 0.6 is 11.3 Å². The zero-order chi connectivity index (χ0) is 23.0. The Labute approximate surface area is 195 Å². The van der Waals surface area contributed by atoms with Crippen LogP contribution in [0.15, 0.2) is 30.0 Å². The molecule has 0 aliphatic rings. The van der Waals surface area contributed by atoms with Crippen LogP contribution in [0.4, 0.5) is 5.69 Å².